The number of nitrogens with zero attached hydrogens (tertiary/aromatic N) is 5. The molecule has 0 aliphatic carbocycles. The van der Waals surface area contributed by atoms with Crippen molar-refractivity contribution in [2.75, 3.05) is 50.2 Å². The third-order valence-corrected chi connectivity index (χ3v) is 8.26. The summed E-state index contributed by atoms with van der Waals surface area (Å²) in [5.41, 5.74) is -1.22. The highest BCUT2D eigenvalue weighted by atomic mass is 19.4. The minimum Gasteiger partial charge on any atom is -0.481 e. The van der Waals surface area contributed by atoms with Crippen LogP contribution in [0.15, 0.2) is 36.5 Å². The average Bonchev–Trinajstić information content (AvgIpc) is 3.05. The van der Waals surface area contributed by atoms with Gasteiger partial charge in [0, 0.05) is 49.9 Å². The Labute approximate surface area is 273 Å². The highest BCUT2D eigenvalue weighted by Crippen LogP contribution is 2.41. The molecule has 0 unspecified atom stereocenters. The van der Waals surface area contributed by atoms with Crippen molar-refractivity contribution in [2.45, 2.75) is 64.1 Å². The van der Waals surface area contributed by atoms with Crippen molar-refractivity contribution in [2.24, 2.45) is 0 Å². The third-order valence-electron chi connectivity index (χ3n) is 8.26. The smallest absolute Gasteiger partial charge is 0.416 e. The molecule has 0 radical (unpaired) electrons. The zero-order chi connectivity index (χ0) is 34.6. The molecule has 2 aromatic heterocycles. The Balaban J connectivity index is 1.54. The number of carbonyl (C=O) groups excluding carboxylic acids is 1. The van der Waals surface area contributed by atoms with Crippen molar-refractivity contribution < 1.29 is 45.3 Å². The molecule has 1 aromatic carbocycles. The van der Waals surface area contributed by atoms with E-state index in [-0.39, 0.29) is 42.3 Å². The summed E-state index contributed by atoms with van der Waals surface area (Å²) in [5, 5.41) is 3.26. The molecule has 2 aliphatic rings. The average molecular weight is 683 g/mol. The van der Waals surface area contributed by atoms with Crippen molar-refractivity contribution >= 4 is 17.7 Å². The molecule has 16 heteroatoms. The maximum atomic E-state index is 13.7. The number of morpholine rings is 1. The van der Waals surface area contributed by atoms with E-state index in [0.29, 0.717) is 80.6 Å². The molecule has 1 amide bonds. The topological polar surface area (TPSA) is 102 Å². The quantitative estimate of drug-likeness (QED) is 0.249. The molecule has 1 saturated heterocycles. The molecule has 4 heterocycles. The van der Waals surface area contributed by atoms with E-state index in [1.807, 2.05) is 6.92 Å². The Morgan fingerprint density at radius 3 is 2.31 bits per heavy atom. The molecule has 0 saturated carbocycles. The number of rotatable bonds is 9. The van der Waals surface area contributed by atoms with Crippen LogP contribution in [0.5, 0.6) is 5.88 Å². The Hall–Kier alpha value is -4.18. The van der Waals surface area contributed by atoms with Crippen molar-refractivity contribution in [3.8, 4) is 5.88 Å². The molecule has 5 rings (SSSR count). The molecule has 2 aliphatic heterocycles. The standard InChI is InChI=1S/C32H36F6N6O4/c1-4-23-16-25(28-26(6-7-27(42-28)46-3)44(23)30(45)48-5-2)41-29-39-17-20(18-43-8-10-47-11-9-43)24(40-29)14-19-12-21(31(33,34)35)15-22(13-19)32(36,37)38/h6-7,12-13,15,17,23,25H,4-5,8-11,14,16,18H2,1-3H3,(H,39,40,41)/t23-,25+/m1/s1. The van der Waals surface area contributed by atoms with Gasteiger partial charge >= 0.3 is 18.4 Å². The Kier molecular flexibility index (Phi) is 10.6. The summed E-state index contributed by atoms with van der Waals surface area (Å²) < 4.78 is 98.1. The van der Waals surface area contributed by atoms with E-state index >= 15 is 0 Å². The molecule has 260 valence electrons. The molecule has 1 N–H and O–H groups in total. The summed E-state index contributed by atoms with van der Waals surface area (Å²) >= 11 is 0. The Bertz CT molecular complexity index is 1570. The number of carbonyl (C=O) groups is 1. The number of benzene rings is 1. The molecule has 48 heavy (non-hydrogen) atoms. The van der Waals surface area contributed by atoms with Crippen molar-refractivity contribution in [3.63, 3.8) is 0 Å². The van der Waals surface area contributed by atoms with Crippen LogP contribution in [0.1, 0.15) is 66.4 Å². The second-order valence-electron chi connectivity index (χ2n) is 11.5. The number of methoxy groups -OCH3 is 1. The van der Waals surface area contributed by atoms with Crippen LogP contribution in [0.4, 0.5) is 42.8 Å². The fraction of sp³-hybridized carbons (Fsp3) is 0.500. The zero-order valence-electron chi connectivity index (χ0n) is 26.6. The van der Waals surface area contributed by atoms with Gasteiger partial charge in [0.2, 0.25) is 11.8 Å². The predicted octanol–water partition coefficient (Wildman–Crippen LogP) is 6.64. The Morgan fingerprint density at radius 1 is 1.02 bits per heavy atom. The van der Waals surface area contributed by atoms with Crippen LogP contribution in [-0.4, -0.2) is 72.0 Å². The van der Waals surface area contributed by atoms with Gasteiger partial charge < -0.3 is 19.5 Å². The SMILES string of the molecule is CCOC(=O)N1c2ccc(OC)nc2[C@@H](Nc2ncc(CN3CCOCC3)c(Cc3cc(C(F)(F)F)cc(C(F)(F)F)c3)n2)C[C@H]1CC. The number of anilines is 2. The van der Waals surface area contributed by atoms with E-state index in [1.165, 1.54) is 13.3 Å². The second-order valence-corrected chi connectivity index (χ2v) is 11.5. The van der Waals surface area contributed by atoms with Gasteiger partial charge in [-0.05, 0) is 49.6 Å². The van der Waals surface area contributed by atoms with E-state index in [2.05, 4.69) is 25.2 Å². The molecule has 3 aromatic rings. The van der Waals surface area contributed by atoms with Gasteiger partial charge in [-0.25, -0.2) is 19.7 Å². The third kappa shape index (κ3) is 8.09. The summed E-state index contributed by atoms with van der Waals surface area (Å²) in [4.78, 5) is 30.3. The van der Waals surface area contributed by atoms with Gasteiger partial charge in [0.1, 0.15) is 0 Å². The number of pyridine rings is 1. The lowest BCUT2D eigenvalue weighted by molar-refractivity contribution is -0.143. The first-order valence-corrected chi connectivity index (χ1v) is 15.5. The van der Waals surface area contributed by atoms with Gasteiger partial charge in [-0.1, -0.05) is 6.92 Å². The summed E-state index contributed by atoms with van der Waals surface area (Å²) in [5.74, 6) is 0.394. The lowest BCUT2D eigenvalue weighted by atomic mass is 9.93. The molecular formula is C32H36F6N6O4. The van der Waals surface area contributed by atoms with Gasteiger partial charge in [-0.3, -0.25) is 9.80 Å². The number of amides is 1. The van der Waals surface area contributed by atoms with Gasteiger partial charge in [-0.15, -0.1) is 0 Å². The number of hydrogen-bond donors (Lipinski definition) is 1. The minimum atomic E-state index is -4.99. The summed E-state index contributed by atoms with van der Waals surface area (Å²) in [6, 6.07) is 4.04. The second kappa shape index (κ2) is 14.5. The van der Waals surface area contributed by atoms with Crippen LogP contribution in [0.3, 0.4) is 0 Å². The van der Waals surface area contributed by atoms with Crippen molar-refractivity contribution in [1.82, 2.24) is 19.9 Å². The van der Waals surface area contributed by atoms with Gasteiger partial charge in [0.25, 0.3) is 0 Å². The predicted molar refractivity (Wildman–Crippen MR) is 163 cm³/mol. The number of ether oxygens (including phenoxy) is 3. The van der Waals surface area contributed by atoms with E-state index in [0.717, 1.165) is 0 Å². The lowest BCUT2D eigenvalue weighted by Gasteiger charge is -2.39. The molecule has 10 nitrogen and oxygen atoms in total. The fourth-order valence-electron chi connectivity index (χ4n) is 5.89. The molecule has 0 spiro atoms. The maximum Gasteiger partial charge on any atom is 0.416 e. The first kappa shape index (κ1) is 35.1. The highest BCUT2D eigenvalue weighted by Gasteiger charge is 2.39. The van der Waals surface area contributed by atoms with Crippen LogP contribution in [0.25, 0.3) is 0 Å². The summed E-state index contributed by atoms with van der Waals surface area (Å²) in [7, 11) is 1.46. The fourth-order valence-corrected chi connectivity index (χ4v) is 5.89. The molecule has 0 bridgehead atoms. The van der Waals surface area contributed by atoms with E-state index in [9.17, 15) is 31.1 Å². The largest absolute Gasteiger partial charge is 0.481 e. The highest BCUT2D eigenvalue weighted by molar-refractivity contribution is 5.90. The molecule has 2 atom stereocenters. The number of aromatic nitrogens is 3. The summed E-state index contributed by atoms with van der Waals surface area (Å²) in [6.07, 6.45) is -8.33. The minimum absolute atomic E-state index is 0.0961. The molecule has 1 fully saturated rings. The summed E-state index contributed by atoms with van der Waals surface area (Å²) in [6.45, 7) is 6.27. The van der Waals surface area contributed by atoms with Crippen LogP contribution in [0, 0.1) is 0 Å². The van der Waals surface area contributed by atoms with E-state index < -0.39 is 35.6 Å². The van der Waals surface area contributed by atoms with Gasteiger partial charge in [0.05, 0.1) is 61.2 Å². The maximum absolute atomic E-state index is 13.7. The first-order valence-electron chi connectivity index (χ1n) is 15.5. The van der Waals surface area contributed by atoms with Crippen LogP contribution >= 0.6 is 0 Å². The van der Waals surface area contributed by atoms with Gasteiger partial charge in [0.15, 0.2) is 0 Å². The van der Waals surface area contributed by atoms with Crippen molar-refractivity contribution in [1.29, 1.82) is 0 Å². The van der Waals surface area contributed by atoms with Crippen LogP contribution in [-0.2, 0) is 34.8 Å². The molecular weight excluding hydrogens is 646 g/mol. The van der Waals surface area contributed by atoms with Crippen LogP contribution in [0.2, 0.25) is 0 Å². The van der Waals surface area contributed by atoms with Crippen LogP contribution < -0.4 is 15.0 Å². The number of hydrogen-bond acceptors (Lipinski definition) is 9. The van der Waals surface area contributed by atoms with E-state index in [1.54, 1.807) is 24.0 Å². The van der Waals surface area contributed by atoms with Gasteiger partial charge in [-0.2, -0.15) is 26.3 Å². The van der Waals surface area contributed by atoms with Crippen molar-refractivity contribution in [3.05, 3.63) is 70.2 Å². The first-order chi connectivity index (χ1) is 22.8. The Morgan fingerprint density at radius 2 is 1.71 bits per heavy atom. The zero-order valence-corrected chi connectivity index (χ0v) is 26.6. The monoisotopic (exact) mass is 682 g/mol. The number of nitrogens with one attached hydrogen (secondary N) is 1. The number of halogens is 6. The normalized spacial score (nSPS) is 18.7. The lowest BCUT2D eigenvalue weighted by Crippen LogP contribution is -2.46. The van der Waals surface area contributed by atoms with E-state index in [4.69, 9.17) is 14.2 Å². The number of alkyl halides is 6. The number of fused-ring (bicyclic) bond motifs is 1.